The molecule has 1 aromatic rings. The molecular weight excluding hydrogens is 302 g/mol. The average molecular weight is 324 g/mol. The fourth-order valence-electron chi connectivity index (χ4n) is 3.06. The van der Waals surface area contributed by atoms with Crippen LogP contribution in [-0.2, 0) is 9.53 Å². The number of piperidine rings is 1. The number of nitrogens with zero attached hydrogens (tertiary/aromatic N) is 1. The molecule has 0 aromatic heterocycles. The van der Waals surface area contributed by atoms with E-state index in [0.29, 0.717) is 17.4 Å². The summed E-state index contributed by atoms with van der Waals surface area (Å²) in [4.78, 5) is 14.2. The molecule has 0 radical (unpaired) electrons. The van der Waals surface area contributed by atoms with Crippen LogP contribution in [0.15, 0.2) is 24.3 Å². The van der Waals surface area contributed by atoms with Crippen molar-refractivity contribution in [2.45, 2.75) is 31.8 Å². The molecule has 4 nitrogen and oxygen atoms in total. The highest BCUT2D eigenvalue weighted by Gasteiger charge is 2.27. The minimum absolute atomic E-state index is 0.138. The largest absolute Gasteiger partial charge is 0.489 e. The van der Waals surface area contributed by atoms with Gasteiger partial charge in [-0.1, -0.05) is 23.7 Å². The summed E-state index contributed by atoms with van der Waals surface area (Å²) in [6.07, 6.45) is 3.49. The quantitative estimate of drug-likeness (QED) is 0.854. The zero-order chi connectivity index (χ0) is 15.4. The Morgan fingerprint density at radius 1 is 1.27 bits per heavy atom. The summed E-state index contributed by atoms with van der Waals surface area (Å²) in [5.74, 6) is 1.40. The van der Waals surface area contributed by atoms with Crippen LogP contribution < -0.4 is 4.74 Å². The maximum absolute atomic E-state index is 12.3. The fraction of sp³-hybridized carbons (Fsp3) is 0.588. The molecule has 2 heterocycles. The number of ether oxygens (including phenoxy) is 2. The predicted molar refractivity (Wildman–Crippen MR) is 85.2 cm³/mol. The van der Waals surface area contributed by atoms with Crippen LogP contribution in [0.4, 0.5) is 0 Å². The summed E-state index contributed by atoms with van der Waals surface area (Å²) in [5, 5.41) is 0.641. The topological polar surface area (TPSA) is 38.8 Å². The van der Waals surface area contributed by atoms with Gasteiger partial charge in [0.05, 0.1) is 5.02 Å². The van der Waals surface area contributed by atoms with E-state index in [4.69, 9.17) is 21.1 Å². The van der Waals surface area contributed by atoms with E-state index in [1.165, 1.54) is 0 Å². The molecule has 120 valence electrons. The number of benzene rings is 1. The molecule has 5 heteroatoms. The second kappa shape index (κ2) is 7.34. The molecule has 1 aromatic carbocycles. The van der Waals surface area contributed by atoms with Gasteiger partial charge in [-0.25, -0.2) is 0 Å². The van der Waals surface area contributed by atoms with Gasteiger partial charge in [0.2, 0.25) is 5.91 Å². The zero-order valence-corrected chi connectivity index (χ0v) is 13.4. The van der Waals surface area contributed by atoms with Crippen molar-refractivity contribution in [1.82, 2.24) is 4.90 Å². The summed E-state index contributed by atoms with van der Waals surface area (Å²) in [6, 6.07) is 7.53. The molecule has 1 unspecified atom stereocenters. The van der Waals surface area contributed by atoms with Crippen molar-refractivity contribution in [3.05, 3.63) is 29.3 Å². The van der Waals surface area contributed by atoms with Crippen LogP contribution in [0.1, 0.15) is 25.7 Å². The predicted octanol–water partition coefficient (Wildman–Crippen LogP) is 3.14. The molecule has 2 aliphatic heterocycles. The van der Waals surface area contributed by atoms with E-state index < -0.39 is 0 Å². The Balaban J connectivity index is 1.45. The molecule has 1 atom stereocenters. The van der Waals surface area contributed by atoms with Gasteiger partial charge >= 0.3 is 0 Å². The molecule has 0 N–H and O–H groups in total. The first-order chi connectivity index (χ1) is 10.7. The molecule has 1 amide bonds. The molecular formula is C17H22ClNO3. The van der Waals surface area contributed by atoms with Crippen LogP contribution >= 0.6 is 11.6 Å². The Morgan fingerprint density at radius 2 is 2.05 bits per heavy atom. The fourth-order valence-corrected chi connectivity index (χ4v) is 3.24. The number of carbonyl (C=O) groups excluding carboxylic acids is 1. The van der Waals surface area contributed by atoms with E-state index in [0.717, 1.165) is 51.3 Å². The van der Waals surface area contributed by atoms with Crippen molar-refractivity contribution in [2.24, 2.45) is 5.92 Å². The van der Waals surface area contributed by atoms with E-state index >= 15 is 0 Å². The second-order valence-corrected chi connectivity index (χ2v) is 6.47. The minimum Gasteiger partial charge on any atom is -0.489 e. The van der Waals surface area contributed by atoms with Gasteiger partial charge < -0.3 is 14.4 Å². The van der Waals surface area contributed by atoms with Crippen LogP contribution in [0, 0.1) is 5.92 Å². The van der Waals surface area contributed by atoms with Crippen LogP contribution in [-0.4, -0.2) is 43.2 Å². The van der Waals surface area contributed by atoms with Gasteiger partial charge in [-0.05, 0) is 24.5 Å². The number of para-hydroxylation sites is 1. The van der Waals surface area contributed by atoms with Gasteiger partial charge in [0, 0.05) is 45.6 Å². The Kier molecular flexibility index (Phi) is 5.21. The SMILES string of the molecule is O=C(CC1CCOC1)N1CCC(Oc2ccccc2Cl)CC1. The van der Waals surface area contributed by atoms with Gasteiger partial charge in [0.25, 0.3) is 0 Å². The minimum atomic E-state index is 0.138. The lowest BCUT2D eigenvalue weighted by molar-refractivity contribution is -0.134. The third-order valence-electron chi connectivity index (χ3n) is 4.41. The smallest absolute Gasteiger partial charge is 0.222 e. The van der Waals surface area contributed by atoms with Crippen molar-refractivity contribution in [2.75, 3.05) is 26.3 Å². The lowest BCUT2D eigenvalue weighted by Gasteiger charge is -2.32. The molecule has 2 fully saturated rings. The third-order valence-corrected chi connectivity index (χ3v) is 4.72. The molecule has 0 saturated carbocycles. The molecule has 3 rings (SSSR count). The second-order valence-electron chi connectivity index (χ2n) is 6.06. The normalized spacial score (nSPS) is 22.8. The van der Waals surface area contributed by atoms with Gasteiger partial charge in [-0.3, -0.25) is 4.79 Å². The lowest BCUT2D eigenvalue weighted by Crippen LogP contribution is -2.42. The molecule has 22 heavy (non-hydrogen) atoms. The van der Waals surface area contributed by atoms with Gasteiger partial charge in [-0.15, -0.1) is 0 Å². The number of hydrogen-bond donors (Lipinski definition) is 0. The first kappa shape index (κ1) is 15.6. The Bertz CT molecular complexity index is 508. The summed E-state index contributed by atoms with van der Waals surface area (Å²) < 4.78 is 11.3. The van der Waals surface area contributed by atoms with Crippen LogP contribution in [0.3, 0.4) is 0 Å². The first-order valence-electron chi connectivity index (χ1n) is 7.99. The highest BCUT2D eigenvalue weighted by atomic mass is 35.5. The van der Waals surface area contributed by atoms with Gasteiger partial charge in [0.1, 0.15) is 11.9 Å². The van der Waals surface area contributed by atoms with E-state index in [1.54, 1.807) is 0 Å². The average Bonchev–Trinajstić information content (AvgIpc) is 3.03. The zero-order valence-electron chi connectivity index (χ0n) is 12.7. The summed E-state index contributed by atoms with van der Waals surface area (Å²) >= 11 is 6.12. The molecule has 0 aliphatic carbocycles. The first-order valence-corrected chi connectivity index (χ1v) is 8.37. The number of halogens is 1. The van der Waals surface area contributed by atoms with E-state index in [9.17, 15) is 4.79 Å². The lowest BCUT2D eigenvalue weighted by atomic mass is 10.0. The Labute approximate surface area is 136 Å². The van der Waals surface area contributed by atoms with Crippen molar-refractivity contribution < 1.29 is 14.3 Å². The Hall–Kier alpha value is -1.26. The van der Waals surface area contributed by atoms with Crippen LogP contribution in [0.2, 0.25) is 5.02 Å². The standard InChI is InChI=1S/C17H22ClNO3/c18-15-3-1-2-4-16(15)22-14-5-8-19(9-6-14)17(20)11-13-7-10-21-12-13/h1-4,13-14H,5-12H2. The molecule has 2 aliphatic rings. The Morgan fingerprint density at radius 3 is 2.73 bits per heavy atom. The molecule has 0 spiro atoms. The monoisotopic (exact) mass is 323 g/mol. The van der Waals surface area contributed by atoms with E-state index in [1.807, 2.05) is 29.2 Å². The summed E-state index contributed by atoms with van der Waals surface area (Å²) in [6.45, 7) is 3.06. The van der Waals surface area contributed by atoms with Gasteiger partial charge in [0.15, 0.2) is 0 Å². The molecule has 2 saturated heterocycles. The number of hydrogen-bond acceptors (Lipinski definition) is 3. The maximum Gasteiger partial charge on any atom is 0.222 e. The number of likely N-dealkylation sites (tertiary alicyclic amines) is 1. The summed E-state index contributed by atoms with van der Waals surface area (Å²) in [5.41, 5.74) is 0. The van der Waals surface area contributed by atoms with Crippen LogP contribution in [0.5, 0.6) is 5.75 Å². The van der Waals surface area contributed by atoms with Crippen molar-refractivity contribution in [3.8, 4) is 5.75 Å². The molecule has 0 bridgehead atoms. The van der Waals surface area contributed by atoms with Crippen molar-refractivity contribution >= 4 is 17.5 Å². The van der Waals surface area contributed by atoms with Crippen molar-refractivity contribution in [1.29, 1.82) is 0 Å². The van der Waals surface area contributed by atoms with Gasteiger partial charge in [-0.2, -0.15) is 0 Å². The highest BCUT2D eigenvalue weighted by molar-refractivity contribution is 6.32. The number of amides is 1. The van der Waals surface area contributed by atoms with Crippen molar-refractivity contribution in [3.63, 3.8) is 0 Å². The third kappa shape index (κ3) is 3.93. The van der Waals surface area contributed by atoms with Crippen LogP contribution in [0.25, 0.3) is 0 Å². The maximum atomic E-state index is 12.3. The van der Waals surface area contributed by atoms with E-state index in [-0.39, 0.29) is 12.0 Å². The highest BCUT2D eigenvalue weighted by Crippen LogP contribution is 2.27. The summed E-state index contributed by atoms with van der Waals surface area (Å²) in [7, 11) is 0. The number of rotatable bonds is 4. The number of carbonyl (C=O) groups is 1. The van der Waals surface area contributed by atoms with E-state index in [2.05, 4.69) is 0 Å².